The van der Waals surface area contributed by atoms with Crippen molar-refractivity contribution in [3.63, 3.8) is 0 Å². The summed E-state index contributed by atoms with van der Waals surface area (Å²) in [6.45, 7) is 6.47. The van der Waals surface area contributed by atoms with Crippen molar-refractivity contribution in [3.8, 4) is 0 Å². The van der Waals surface area contributed by atoms with Gasteiger partial charge in [0.1, 0.15) is 0 Å². The third-order valence-corrected chi connectivity index (χ3v) is 3.63. The predicted octanol–water partition coefficient (Wildman–Crippen LogP) is 4.43. The number of halogens is 1. The molecule has 0 bridgehead atoms. The second-order valence-corrected chi connectivity index (χ2v) is 5.18. The molecule has 2 heteroatoms. The molecule has 0 heterocycles. The first kappa shape index (κ1) is 13.7. The molecule has 0 aromatic heterocycles. The number of unbranched alkanes of at least 4 members (excludes halogenated alkanes) is 3. The molecule has 0 saturated carbocycles. The number of hydrogen-bond donors (Lipinski definition) is 1. The quantitative estimate of drug-likeness (QED) is 0.730. The molecule has 0 atom stereocenters. The van der Waals surface area contributed by atoms with Crippen LogP contribution in [-0.2, 0) is 6.54 Å². The van der Waals surface area contributed by atoms with E-state index < -0.39 is 0 Å². The molecular weight excluding hydrogens is 262 g/mol. The Balaban J connectivity index is 2.19. The molecule has 1 aromatic carbocycles. The van der Waals surface area contributed by atoms with E-state index in [0.29, 0.717) is 0 Å². The Morgan fingerprint density at radius 3 is 2.69 bits per heavy atom. The minimum atomic E-state index is 0.977. The van der Waals surface area contributed by atoms with Gasteiger partial charge in [-0.3, -0.25) is 0 Å². The zero-order valence-electron chi connectivity index (χ0n) is 10.4. The molecule has 0 fully saturated rings. The first-order valence-electron chi connectivity index (χ1n) is 6.19. The normalized spacial score (nSPS) is 10.7. The smallest absolute Gasteiger partial charge is 0.0207 e. The second kappa shape index (κ2) is 7.86. The van der Waals surface area contributed by atoms with Crippen LogP contribution in [-0.4, -0.2) is 6.54 Å². The third kappa shape index (κ3) is 5.13. The molecule has 1 rings (SSSR count). The lowest BCUT2D eigenvalue weighted by atomic mass is 10.1. The minimum Gasteiger partial charge on any atom is -0.313 e. The zero-order valence-corrected chi connectivity index (χ0v) is 11.9. The fourth-order valence-corrected chi connectivity index (χ4v) is 2.08. The van der Waals surface area contributed by atoms with Crippen LogP contribution in [0.3, 0.4) is 0 Å². The summed E-state index contributed by atoms with van der Waals surface area (Å²) < 4.78 is 1.21. The van der Waals surface area contributed by atoms with Gasteiger partial charge in [0.2, 0.25) is 0 Å². The number of hydrogen-bond acceptors (Lipinski definition) is 1. The van der Waals surface area contributed by atoms with Gasteiger partial charge in [-0.15, -0.1) is 0 Å². The molecule has 1 N–H and O–H groups in total. The SMILES string of the molecule is CCCCCCNCc1ccc(C)c(Br)c1. The number of nitrogens with one attached hydrogen (secondary N) is 1. The first-order valence-corrected chi connectivity index (χ1v) is 6.99. The van der Waals surface area contributed by atoms with Crippen LogP contribution in [0.2, 0.25) is 0 Å². The number of benzene rings is 1. The van der Waals surface area contributed by atoms with E-state index >= 15 is 0 Å². The molecule has 0 spiro atoms. The molecule has 1 aromatic rings. The van der Waals surface area contributed by atoms with Crippen molar-refractivity contribution in [2.75, 3.05) is 6.54 Å². The first-order chi connectivity index (χ1) is 7.74. The summed E-state index contributed by atoms with van der Waals surface area (Å²) in [4.78, 5) is 0. The van der Waals surface area contributed by atoms with Crippen molar-refractivity contribution >= 4 is 15.9 Å². The molecule has 16 heavy (non-hydrogen) atoms. The molecule has 0 radical (unpaired) electrons. The summed E-state index contributed by atoms with van der Waals surface area (Å²) in [5, 5.41) is 3.49. The highest BCUT2D eigenvalue weighted by molar-refractivity contribution is 9.10. The van der Waals surface area contributed by atoms with Gasteiger partial charge in [0.15, 0.2) is 0 Å². The van der Waals surface area contributed by atoms with E-state index in [0.717, 1.165) is 13.1 Å². The van der Waals surface area contributed by atoms with E-state index in [4.69, 9.17) is 0 Å². The van der Waals surface area contributed by atoms with Crippen LogP contribution in [0.5, 0.6) is 0 Å². The number of aryl methyl sites for hydroxylation is 1. The Morgan fingerprint density at radius 1 is 1.19 bits per heavy atom. The summed E-state index contributed by atoms with van der Waals surface area (Å²) in [5.41, 5.74) is 2.65. The molecule has 1 nitrogen and oxygen atoms in total. The van der Waals surface area contributed by atoms with Crippen LogP contribution in [0.4, 0.5) is 0 Å². The summed E-state index contributed by atoms with van der Waals surface area (Å²) in [6.07, 6.45) is 5.31. The van der Waals surface area contributed by atoms with Crippen LogP contribution >= 0.6 is 15.9 Å². The van der Waals surface area contributed by atoms with Crippen molar-refractivity contribution in [2.45, 2.75) is 46.1 Å². The van der Waals surface area contributed by atoms with Crippen LogP contribution in [0.25, 0.3) is 0 Å². The van der Waals surface area contributed by atoms with Gasteiger partial charge in [0.25, 0.3) is 0 Å². The van der Waals surface area contributed by atoms with E-state index in [1.807, 2.05) is 0 Å². The monoisotopic (exact) mass is 283 g/mol. The topological polar surface area (TPSA) is 12.0 Å². The highest BCUT2D eigenvalue weighted by atomic mass is 79.9. The highest BCUT2D eigenvalue weighted by Gasteiger charge is 1.97. The Bertz CT molecular complexity index is 310. The van der Waals surface area contributed by atoms with Crippen molar-refractivity contribution in [3.05, 3.63) is 33.8 Å². The summed E-state index contributed by atoms with van der Waals surface area (Å²) >= 11 is 3.56. The lowest BCUT2D eigenvalue weighted by Gasteiger charge is -2.06. The summed E-state index contributed by atoms with van der Waals surface area (Å²) in [7, 11) is 0. The predicted molar refractivity (Wildman–Crippen MR) is 74.7 cm³/mol. The Hall–Kier alpha value is -0.340. The molecule has 90 valence electrons. The van der Waals surface area contributed by atoms with Crippen molar-refractivity contribution in [2.24, 2.45) is 0 Å². The van der Waals surface area contributed by atoms with Gasteiger partial charge >= 0.3 is 0 Å². The van der Waals surface area contributed by atoms with Crippen LogP contribution in [0, 0.1) is 6.92 Å². The molecule has 0 unspecified atom stereocenters. The molecule has 0 aliphatic heterocycles. The minimum absolute atomic E-state index is 0.977. The summed E-state index contributed by atoms with van der Waals surface area (Å²) in [6, 6.07) is 6.56. The van der Waals surface area contributed by atoms with E-state index in [9.17, 15) is 0 Å². The second-order valence-electron chi connectivity index (χ2n) is 4.32. The maximum absolute atomic E-state index is 3.56. The lowest BCUT2D eigenvalue weighted by molar-refractivity contribution is 0.598. The van der Waals surface area contributed by atoms with Gasteiger partial charge < -0.3 is 5.32 Å². The van der Waals surface area contributed by atoms with E-state index in [1.165, 1.54) is 41.3 Å². The molecule has 0 aliphatic rings. The van der Waals surface area contributed by atoms with Gasteiger partial charge in [0, 0.05) is 11.0 Å². The molecule has 0 aliphatic carbocycles. The maximum Gasteiger partial charge on any atom is 0.0207 e. The van der Waals surface area contributed by atoms with Gasteiger partial charge in [0.05, 0.1) is 0 Å². The van der Waals surface area contributed by atoms with Crippen molar-refractivity contribution in [1.29, 1.82) is 0 Å². The average molecular weight is 284 g/mol. The average Bonchev–Trinajstić information content (AvgIpc) is 2.28. The van der Waals surface area contributed by atoms with Crippen LogP contribution in [0.1, 0.15) is 43.7 Å². The van der Waals surface area contributed by atoms with Gasteiger partial charge in [-0.05, 0) is 37.1 Å². The van der Waals surface area contributed by atoms with Gasteiger partial charge in [-0.1, -0.05) is 54.2 Å². The Morgan fingerprint density at radius 2 is 2.00 bits per heavy atom. The van der Waals surface area contributed by atoms with E-state index in [-0.39, 0.29) is 0 Å². The van der Waals surface area contributed by atoms with E-state index in [1.54, 1.807) is 0 Å². The fraction of sp³-hybridized carbons (Fsp3) is 0.571. The highest BCUT2D eigenvalue weighted by Crippen LogP contribution is 2.17. The molecule has 0 amide bonds. The van der Waals surface area contributed by atoms with Gasteiger partial charge in [-0.2, -0.15) is 0 Å². The van der Waals surface area contributed by atoms with Crippen LogP contribution in [0.15, 0.2) is 22.7 Å². The van der Waals surface area contributed by atoms with Crippen LogP contribution < -0.4 is 5.32 Å². The van der Waals surface area contributed by atoms with Crippen molar-refractivity contribution in [1.82, 2.24) is 5.32 Å². The Labute approximate surface area is 108 Å². The Kier molecular flexibility index (Phi) is 6.74. The maximum atomic E-state index is 3.56. The zero-order chi connectivity index (χ0) is 11.8. The van der Waals surface area contributed by atoms with E-state index in [2.05, 4.69) is 53.3 Å². The standard InChI is InChI=1S/C14H22BrN/c1-3-4-5-6-9-16-11-13-8-7-12(2)14(15)10-13/h7-8,10,16H,3-6,9,11H2,1-2H3. The summed E-state index contributed by atoms with van der Waals surface area (Å²) in [5.74, 6) is 0. The number of rotatable bonds is 7. The molecule has 0 saturated heterocycles. The fourth-order valence-electron chi connectivity index (χ4n) is 1.66. The van der Waals surface area contributed by atoms with Gasteiger partial charge in [-0.25, -0.2) is 0 Å². The largest absolute Gasteiger partial charge is 0.313 e. The van der Waals surface area contributed by atoms with Crippen molar-refractivity contribution < 1.29 is 0 Å². The molecular formula is C14H22BrN. The third-order valence-electron chi connectivity index (χ3n) is 2.77. The lowest BCUT2D eigenvalue weighted by Crippen LogP contribution is -2.14.